The summed E-state index contributed by atoms with van der Waals surface area (Å²) in [6.07, 6.45) is -1.29. The third-order valence-corrected chi connectivity index (χ3v) is 4.29. The molecule has 0 saturated carbocycles. The highest BCUT2D eigenvalue weighted by atomic mass is 16.6. The molecular formula is C20H18N2O8. The second-order valence-corrected chi connectivity index (χ2v) is 6.41. The molecule has 30 heavy (non-hydrogen) atoms. The van der Waals surface area contributed by atoms with Crippen LogP contribution < -0.4 is 14.8 Å². The fourth-order valence-electron chi connectivity index (χ4n) is 2.80. The minimum atomic E-state index is -1.29. The Labute approximate surface area is 170 Å². The van der Waals surface area contributed by atoms with Gasteiger partial charge in [0, 0.05) is 11.6 Å². The number of nitrogens with zero attached hydrogens (tertiary/aromatic N) is 1. The maximum absolute atomic E-state index is 12.5. The molecule has 2 aromatic carbocycles. The second kappa shape index (κ2) is 8.60. The standard InChI is InChI=1S/C20H18N2O8/c1-11(23)13-5-3-4-6-15(13)21-19(24)12(2)30-20(25)14-9-17-18(29-8-7-28-17)10-16(14)22(26)27/h3-6,9-10,12H,7-8H2,1-2H3,(H,21,24)/t12-/m0/s1. The van der Waals surface area contributed by atoms with E-state index in [-0.39, 0.29) is 41.7 Å². The Morgan fingerprint density at radius 3 is 2.37 bits per heavy atom. The molecule has 0 aliphatic carbocycles. The van der Waals surface area contributed by atoms with Crippen LogP contribution in [0.3, 0.4) is 0 Å². The van der Waals surface area contributed by atoms with Crippen molar-refractivity contribution in [2.24, 2.45) is 0 Å². The monoisotopic (exact) mass is 414 g/mol. The van der Waals surface area contributed by atoms with Crippen molar-refractivity contribution >= 4 is 29.0 Å². The highest BCUT2D eigenvalue weighted by molar-refractivity contribution is 6.05. The van der Waals surface area contributed by atoms with Gasteiger partial charge >= 0.3 is 5.97 Å². The lowest BCUT2D eigenvalue weighted by atomic mass is 10.1. The van der Waals surface area contributed by atoms with Crippen molar-refractivity contribution in [2.45, 2.75) is 20.0 Å². The van der Waals surface area contributed by atoms with Crippen LogP contribution in [-0.4, -0.2) is 41.9 Å². The quantitative estimate of drug-likeness (QED) is 0.330. The third kappa shape index (κ3) is 4.37. The lowest BCUT2D eigenvalue weighted by molar-refractivity contribution is -0.385. The van der Waals surface area contributed by atoms with Crippen LogP contribution in [0.5, 0.6) is 11.5 Å². The van der Waals surface area contributed by atoms with Gasteiger partial charge in [0.2, 0.25) is 0 Å². The zero-order valence-electron chi connectivity index (χ0n) is 16.2. The van der Waals surface area contributed by atoms with Crippen molar-refractivity contribution < 1.29 is 33.5 Å². The van der Waals surface area contributed by atoms with Gasteiger partial charge in [-0.3, -0.25) is 19.7 Å². The Morgan fingerprint density at radius 1 is 1.10 bits per heavy atom. The molecule has 0 fully saturated rings. The van der Waals surface area contributed by atoms with E-state index >= 15 is 0 Å². The summed E-state index contributed by atoms with van der Waals surface area (Å²) < 4.78 is 15.8. The van der Waals surface area contributed by atoms with Crippen LogP contribution in [0.4, 0.5) is 11.4 Å². The number of nitro benzene ring substituents is 1. The first-order chi connectivity index (χ1) is 14.3. The van der Waals surface area contributed by atoms with Gasteiger partial charge in [-0.15, -0.1) is 0 Å². The minimum Gasteiger partial charge on any atom is -0.486 e. The van der Waals surface area contributed by atoms with Crippen molar-refractivity contribution in [1.29, 1.82) is 0 Å². The number of anilines is 1. The first-order valence-corrected chi connectivity index (χ1v) is 8.97. The zero-order valence-corrected chi connectivity index (χ0v) is 16.2. The van der Waals surface area contributed by atoms with Gasteiger partial charge in [0.05, 0.1) is 16.7 Å². The van der Waals surface area contributed by atoms with E-state index in [4.69, 9.17) is 14.2 Å². The number of carbonyl (C=O) groups is 3. The molecule has 0 saturated heterocycles. The van der Waals surface area contributed by atoms with Gasteiger partial charge in [-0.25, -0.2) is 4.79 Å². The number of hydrogen-bond acceptors (Lipinski definition) is 8. The average molecular weight is 414 g/mol. The number of Topliss-reactive ketones (excluding diaryl/α,β-unsaturated/α-hetero) is 1. The van der Waals surface area contributed by atoms with Crippen LogP contribution in [0.2, 0.25) is 0 Å². The lowest BCUT2D eigenvalue weighted by Crippen LogP contribution is -2.30. The molecule has 2 aromatic rings. The van der Waals surface area contributed by atoms with Crippen molar-refractivity contribution in [3.63, 3.8) is 0 Å². The largest absolute Gasteiger partial charge is 0.486 e. The summed E-state index contributed by atoms with van der Waals surface area (Å²) in [4.78, 5) is 47.3. The molecular weight excluding hydrogens is 396 g/mol. The van der Waals surface area contributed by atoms with Gasteiger partial charge in [-0.2, -0.15) is 0 Å². The number of carbonyl (C=O) groups excluding carboxylic acids is 3. The van der Waals surface area contributed by atoms with Crippen LogP contribution in [0.15, 0.2) is 36.4 Å². The molecule has 0 radical (unpaired) electrons. The number of ether oxygens (including phenoxy) is 3. The first kappa shape index (κ1) is 20.8. The van der Waals surface area contributed by atoms with Crippen molar-refractivity contribution in [2.75, 3.05) is 18.5 Å². The number of rotatable bonds is 6. The molecule has 10 nitrogen and oxygen atoms in total. The normalized spacial score (nSPS) is 13.1. The minimum absolute atomic E-state index is 0.149. The molecule has 156 valence electrons. The molecule has 3 rings (SSSR count). The number of nitro groups is 1. The van der Waals surface area contributed by atoms with Crippen LogP contribution >= 0.6 is 0 Å². The number of nitrogens with one attached hydrogen (secondary N) is 1. The van der Waals surface area contributed by atoms with E-state index in [0.29, 0.717) is 5.56 Å². The van der Waals surface area contributed by atoms with Gasteiger partial charge in [0.25, 0.3) is 11.6 Å². The maximum Gasteiger partial charge on any atom is 0.346 e. The van der Waals surface area contributed by atoms with E-state index in [1.165, 1.54) is 19.9 Å². The van der Waals surface area contributed by atoms with Crippen molar-refractivity contribution in [1.82, 2.24) is 0 Å². The molecule has 0 aromatic heterocycles. The Kier molecular flexibility index (Phi) is 5.95. The van der Waals surface area contributed by atoms with Crippen LogP contribution in [0.25, 0.3) is 0 Å². The molecule has 1 N–H and O–H groups in total. The van der Waals surface area contributed by atoms with E-state index in [2.05, 4.69) is 5.32 Å². The Bertz CT molecular complexity index is 1030. The van der Waals surface area contributed by atoms with E-state index in [9.17, 15) is 24.5 Å². The van der Waals surface area contributed by atoms with E-state index in [0.717, 1.165) is 12.1 Å². The molecule has 1 amide bonds. The van der Waals surface area contributed by atoms with Crippen LogP contribution in [0, 0.1) is 10.1 Å². The molecule has 1 heterocycles. The summed E-state index contributed by atoms with van der Waals surface area (Å²) in [5.74, 6) is -1.69. The highest BCUT2D eigenvalue weighted by Gasteiger charge is 2.29. The Hall–Kier alpha value is -3.95. The molecule has 10 heteroatoms. The van der Waals surface area contributed by atoms with Gasteiger partial charge < -0.3 is 19.5 Å². The Balaban J connectivity index is 1.78. The summed E-state index contributed by atoms with van der Waals surface area (Å²) in [5, 5.41) is 13.9. The number of amides is 1. The summed E-state index contributed by atoms with van der Waals surface area (Å²) in [7, 11) is 0. The molecule has 1 aliphatic heterocycles. The van der Waals surface area contributed by atoms with Gasteiger partial charge in [-0.1, -0.05) is 12.1 Å². The molecule has 0 bridgehead atoms. The third-order valence-electron chi connectivity index (χ3n) is 4.29. The van der Waals surface area contributed by atoms with Gasteiger partial charge in [0.1, 0.15) is 18.8 Å². The maximum atomic E-state index is 12.5. The number of benzene rings is 2. The molecule has 0 unspecified atom stereocenters. The van der Waals surface area contributed by atoms with E-state index < -0.39 is 28.6 Å². The fraction of sp³-hybridized carbons (Fsp3) is 0.250. The van der Waals surface area contributed by atoms with E-state index in [1.807, 2.05) is 0 Å². The first-order valence-electron chi connectivity index (χ1n) is 8.97. The fourth-order valence-corrected chi connectivity index (χ4v) is 2.80. The number of esters is 1. The highest BCUT2D eigenvalue weighted by Crippen LogP contribution is 2.37. The van der Waals surface area contributed by atoms with E-state index in [1.54, 1.807) is 18.2 Å². The predicted octanol–water partition coefficient (Wildman–Crippen LogP) is 2.75. The predicted molar refractivity (Wildman–Crippen MR) is 104 cm³/mol. The number of ketones is 1. The second-order valence-electron chi connectivity index (χ2n) is 6.41. The SMILES string of the molecule is CC(=O)c1ccccc1NC(=O)[C@H](C)OC(=O)c1cc2c(cc1[N+](=O)[O-])OCCO2. The topological polar surface area (TPSA) is 134 Å². The average Bonchev–Trinajstić information content (AvgIpc) is 2.72. The summed E-state index contributed by atoms with van der Waals surface area (Å²) in [5.41, 5.74) is -0.332. The summed E-state index contributed by atoms with van der Waals surface area (Å²) in [6, 6.07) is 8.61. The smallest absolute Gasteiger partial charge is 0.346 e. The summed E-state index contributed by atoms with van der Waals surface area (Å²) >= 11 is 0. The summed E-state index contributed by atoms with van der Waals surface area (Å²) in [6.45, 7) is 3.13. The number of para-hydroxylation sites is 1. The van der Waals surface area contributed by atoms with Crippen molar-refractivity contribution in [3.05, 3.63) is 57.6 Å². The molecule has 1 aliphatic rings. The van der Waals surface area contributed by atoms with Gasteiger partial charge in [0.15, 0.2) is 23.4 Å². The van der Waals surface area contributed by atoms with Crippen LogP contribution in [-0.2, 0) is 9.53 Å². The molecule has 1 atom stereocenters. The van der Waals surface area contributed by atoms with Crippen molar-refractivity contribution in [3.8, 4) is 11.5 Å². The zero-order chi connectivity index (χ0) is 21.8. The van der Waals surface area contributed by atoms with Gasteiger partial charge in [-0.05, 0) is 26.0 Å². The Morgan fingerprint density at radius 2 is 1.73 bits per heavy atom. The lowest BCUT2D eigenvalue weighted by Gasteiger charge is -2.19. The molecule has 0 spiro atoms. The van der Waals surface area contributed by atoms with Crippen LogP contribution in [0.1, 0.15) is 34.6 Å². The number of fused-ring (bicyclic) bond motifs is 1. The number of hydrogen-bond donors (Lipinski definition) is 1.